The number of imidazole rings is 1. The van der Waals surface area contributed by atoms with Gasteiger partial charge in [0, 0.05) is 56.6 Å². The number of hydrogen-bond donors (Lipinski definition) is 0. The molecule has 0 bridgehead atoms. The third-order valence-corrected chi connectivity index (χ3v) is 4.74. The first-order valence-corrected chi connectivity index (χ1v) is 9.38. The van der Waals surface area contributed by atoms with Crippen LogP contribution in [0.25, 0.3) is 0 Å². The summed E-state index contributed by atoms with van der Waals surface area (Å²) in [5.41, 5.74) is 3.29. The van der Waals surface area contributed by atoms with Crippen molar-refractivity contribution in [3.63, 3.8) is 0 Å². The van der Waals surface area contributed by atoms with E-state index < -0.39 is 0 Å². The number of para-hydroxylation sites is 1. The van der Waals surface area contributed by atoms with Gasteiger partial charge >= 0.3 is 0 Å². The number of carbonyl (C=O) groups is 1. The minimum Gasteiger partial charge on any atom is -0.358 e. The summed E-state index contributed by atoms with van der Waals surface area (Å²) in [6.45, 7) is 7.00. The monoisotopic (exact) mass is 365 g/mol. The fourth-order valence-electron chi connectivity index (χ4n) is 3.36. The summed E-state index contributed by atoms with van der Waals surface area (Å²) < 4.78 is 2.00. The second-order valence-corrected chi connectivity index (χ2v) is 6.82. The summed E-state index contributed by atoms with van der Waals surface area (Å²) >= 11 is 0. The largest absolute Gasteiger partial charge is 0.358 e. The lowest BCUT2D eigenvalue weighted by Crippen LogP contribution is -2.35. The van der Waals surface area contributed by atoms with Gasteiger partial charge in [0.1, 0.15) is 6.67 Å². The first kappa shape index (κ1) is 18.9. The number of carbonyl (C=O) groups excluding carboxylic acids is 1. The molecule has 1 aliphatic rings. The number of amides is 1. The number of rotatable bonds is 8. The van der Waals surface area contributed by atoms with E-state index in [1.807, 2.05) is 34.0 Å². The van der Waals surface area contributed by atoms with Crippen molar-refractivity contribution in [3.8, 4) is 0 Å². The van der Waals surface area contributed by atoms with Crippen LogP contribution in [0.5, 0.6) is 0 Å². The Morgan fingerprint density at radius 3 is 2.70 bits per heavy atom. The van der Waals surface area contributed by atoms with Gasteiger partial charge in [-0.2, -0.15) is 0 Å². The van der Waals surface area contributed by atoms with Crippen molar-refractivity contribution in [2.75, 3.05) is 24.7 Å². The molecular weight excluding hydrogens is 338 g/mol. The van der Waals surface area contributed by atoms with Crippen LogP contribution >= 0.6 is 0 Å². The number of hydrogen-bond acceptors (Lipinski definition) is 4. The summed E-state index contributed by atoms with van der Waals surface area (Å²) in [4.78, 5) is 25.5. The minimum absolute atomic E-state index is 0.164. The molecule has 142 valence electrons. The van der Waals surface area contributed by atoms with Gasteiger partial charge in [0.2, 0.25) is 5.91 Å². The normalized spacial score (nSPS) is 13.2. The van der Waals surface area contributed by atoms with Crippen molar-refractivity contribution in [1.82, 2.24) is 14.5 Å². The molecule has 0 saturated carbocycles. The number of allylic oxidation sites excluding steroid dienone is 1. The van der Waals surface area contributed by atoms with Crippen molar-refractivity contribution in [3.05, 3.63) is 60.3 Å². The molecule has 27 heavy (non-hydrogen) atoms. The molecule has 0 unspecified atom stereocenters. The third-order valence-electron chi connectivity index (χ3n) is 4.74. The number of nitrogens with zero attached hydrogens (tertiary/aromatic N) is 5. The van der Waals surface area contributed by atoms with Crippen molar-refractivity contribution in [1.29, 1.82) is 0 Å². The number of benzene rings is 1. The van der Waals surface area contributed by atoms with Gasteiger partial charge in [-0.25, -0.2) is 4.98 Å². The van der Waals surface area contributed by atoms with E-state index in [9.17, 15) is 4.79 Å². The van der Waals surface area contributed by atoms with Crippen molar-refractivity contribution >= 4 is 17.8 Å². The lowest BCUT2D eigenvalue weighted by molar-refractivity contribution is -0.118. The molecule has 1 aromatic carbocycles. The highest BCUT2D eigenvalue weighted by Gasteiger charge is 2.19. The van der Waals surface area contributed by atoms with Crippen LogP contribution < -0.4 is 4.90 Å². The lowest BCUT2D eigenvalue weighted by atomic mass is 10.1. The Kier molecular flexibility index (Phi) is 6.41. The molecule has 0 N–H and O–H groups in total. The molecular formula is C21H27N5O. The molecule has 3 rings (SSSR count). The third kappa shape index (κ3) is 5.06. The Morgan fingerprint density at radius 1 is 1.22 bits per heavy atom. The fourth-order valence-corrected chi connectivity index (χ4v) is 3.36. The summed E-state index contributed by atoms with van der Waals surface area (Å²) in [7, 11) is 0. The second-order valence-electron chi connectivity index (χ2n) is 6.82. The highest BCUT2D eigenvalue weighted by Crippen LogP contribution is 2.25. The predicted octanol–water partition coefficient (Wildman–Crippen LogP) is 3.17. The second kappa shape index (κ2) is 9.16. The van der Waals surface area contributed by atoms with E-state index in [1.54, 1.807) is 18.7 Å². The van der Waals surface area contributed by atoms with Crippen LogP contribution in [0.1, 0.15) is 24.0 Å². The number of aliphatic imine (C=N–C) groups is 1. The Labute approximate surface area is 160 Å². The summed E-state index contributed by atoms with van der Waals surface area (Å²) in [6, 6.07) is 6.17. The van der Waals surface area contributed by atoms with Gasteiger partial charge in [0.05, 0.1) is 6.33 Å². The minimum atomic E-state index is 0.164. The topological polar surface area (TPSA) is 53.7 Å². The van der Waals surface area contributed by atoms with Gasteiger partial charge < -0.3 is 14.4 Å². The SMILES string of the molecule is Cc1cccc(C)c1N(CCn1ccnc1)C(=O)CCCN1C=CC=NC1. The van der Waals surface area contributed by atoms with Crippen LogP contribution in [0.15, 0.2) is 54.2 Å². The Hall–Kier alpha value is -2.89. The summed E-state index contributed by atoms with van der Waals surface area (Å²) in [5, 5.41) is 0. The van der Waals surface area contributed by atoms with E-state index in [-0.39, 0.29) is 5.91 Å². The van der Waals surface area contributed by atoms with Crippen LogP contribution in [-0.2, 0) is 11.3 Å². The maximum atomic E-state index is 13.1. The molecule has 0 saturated heterocycles. The van der Waals surface area contributed by atoms with Crippen LogP contribution in [0.3, 0.4) is 0 Å². The number of aromatic nitrogens is 2. The molecule has 2 aromatic rings. The summed E-state index contributed by atoms with van der Waals surface area (Å²) in [5.74, 6) is 0.164. The Balaban J connectivity index is 1.67. The summed E-state index contributed by atoms with van der Waals surface area (Å²) in [6.07, 6.45) is 12.6. The van der Waals surface area contributed by atoms with Crippen molar-refractivity contribution < 1.29 is 4.79 Å². The van der Waals surface area contributed by atoms with Gasteiger partial charge in [-0.05, 0) is 37.5 Å². The molecule has 0 spiro atoms. The van der Waals surface area contributed by atoms with E-state index in [0.29, 0.717) is 19.6 Å². The van der Waals surface area contributed by atoms with Crippen LogP contribution in [-0.4, -0.2) is 46.3 Å². The molecule has 0 atom stereocenters. The number of anilines is 1. The first-order chi connectivity index (χ1) is 13.1. The highest BCUT2D eigenvalue weighted by molar-refractivity contribution is 5.94. The average molecular weight is 365 g/mol. The van der Waals surface area contributed by atoms with E-state index >= 15 is 0 Å². The zero-order valence-corrected chi connectivity index (χ0v) is 16.1. The van der Waals surface area contributed by atoms with E-state index in [2.05, 4.69) is 40.9 Å². The first-order valence-electron chi connectivity index (χ1n) is 9.38. The van der Waals surface area contributed by atoms with E-state index in [1.165, 1.54) is 0 Å². The molecule has 2 heterocycles. The van der Waals surface area contributed by atoms with Crippen LogP contribution in [0, 0.1) is 13.8 Å². The van der Waals surface area contributed by atoms with Gasteiger partial charge in [-0.3, -0.25) is 9.79 Å². The fraction of sp³-hybridized carbons (Fsp3) is 0.381. The molecule has 0 aliphatic carbocycles. The predicted molar refractivity (Wildman–Crippen MR) is 109 cm³/mol. The van der Waals surface area contributed by atoms with Gasteiger partial charge in [-0.1, -0.05) is 18.2 Å². The lowest BCUT2D eigenvalue weighted by Gasteiger charge is -2.27. The molecule has 6 nitrogen and oxygen atoms in total. The smallest absolute Gasteiger partial charge is 0.227 e. The van der Waals surface area contributed by atoms with Gasteiger partial charge in [-0.15, -0.1) is 0 Å². The quantitative estimate of drug-likeness (QED) is 0.722. The maximum absolute atomic E-state index is 13.1. The molecule has 6 heteroatoms. The van der Waals surface area contributed by atoms with Crippen molar-refractivity contribution in [2.45, 2.75) is 33.2 Å². The van der Waals surface area contributed by atoms with Crippen molar-refractivity contribution in [2.24, 2.45) is 4.99 Å². The zero-order chi connectivity index (χ0) is 19.1. The molecule has 1 aromatic heterocycles. The van der Waals surface area contributed by atoms with Gasteiger partial charge in [0.15, 0.2) is 0 Å². The number of aryl methyl sites for hydroxylation is 2. The highest BCUT2D eigenvalue weighted by atomic mass is 16.2. The average Bonchev–Trinajstić information content (AvgIpc) is 3.18. The molecule has 0 fully saturated rings. The van der Waals surface area contributed by atoms with Crippen LogP contribution in [0.4, 0.5) is 5.69 Å². The van der Waals surface area contributed by atoms with Gasteiger partial charge in [0.25, 0.3) is 0 Å². The Bertz CT molecular complexity index is 790. The molecule has 1 amide bonds. The van der Waals surface area contributed by atoms with E-state index in [4.69, 9.17) is 0 Å². The molecule has 1 aliphatic heterocycles. The maximum Gasteiger partial charge on any atom is 0.227 e. The standard InChI is InChI=1S/C21H27N5O/c1-18-6-3-7-19(2)21(18)26(15-14-25-13-10-23-17-25)20(27)8-4-11-24-12-5-9-22-16-24/h3,5-7,9-10,12-13,17H,4,8,11,14-16H2,1-2H3. The molecule has 0 radical (unpaired) electrons. The van der Waals surface area contributed by atoms with E-state index in [0.717, 1.165) is 36.3 Å². The Morgan fingerprint density at radius 2 is 2.04 bits per heavy atom. The zero-order valence-electron chi connectivity index (χ0n) is 16.1. The van der Waals surface area contributed by atoms with Crippen LogP contribution in [0.2, 0.25) is 0 Å².